The third kappa shape index (κ3) is 5.00. The molecule has 1 aliphatic rings. The summed E-state index contributed by atoms with van der Waals surface area (Å²) in [5.41, 5.74) is 1.41. The van der Waals surface area contributed by atoms with Gasteiger partial charge in [-0.1, -0.05) is 19.8 Å². The normalized spacial score (nSPS) is 16.1. The second-order valence-corrected chi connectivity index (χ2v) is 7.48. The summed E-state index contributed by atoms with van der Waals surface area (Å²) in [4.78, 5) is 14.7. The van der Waals surface area contributed by atoms with Gasteiger partial charge in [-0.05, 0) is 56.1 Å². The van der Waals surface area contributed by atoms with E-state index in [0.29, 0.717) is 11.8 Å². The highest BCUT2D eigenvalue weighted by Gasteiger charge is 2.17. The number of hydrogen-bond acceptors (Lipinski definition) is 2. The van der Waals surface area contributed by atoms with Crippen molar-refractivity contribution in [3.05, 3.63) is 21.4 Å². The Kier molecular flexibility index (Phi) is 7.05. The zero-order valence-electron chi connectivity index (χ0n) is 12.9. The van der Waals surface area contributed by atoms with Crippen LogP contribution in [-0.2, 0) is 12.8 Å². The Bertz CT molecular complexity index is 428. The van der Waals surface area contributed by atoms with Crippen molar-refractivity contribution in [2.75, 3.05) is 12.4 Å². The van der Waals surface area contributed by atoms with E-state index in [4.69, 9.17) is 11.6 Å². The first-order chi connectivity index (χ1) is 10.2. The number of halogens is 1. The molecule has 1 amide bonds. The first-order valence-electron chi connectivity index (χ1n) is 8.20. The first kappa shape index (κ1) is 16.8. The molecule has 1 heterocycles. The van der Waals surface area contributed by atoms with Crippen molar-refractivity contribution in [3.8, 4) is 0 Å². The molecular weight excluding hydrogens is 302 g/mol. The van der Waals surface area contributed by atoms with Crippen molar-refractivity contribution in [3.63, 3.8) is 0 Å². The molecule has 0 bridgehead atoms. The molecule has 4 heteroatoms. The summed E-state index contributed by atoms with van der Waals surface area (Å²) >= 11 is 7.53. The summed E-state index contributed by atoms with van der Waals surface area (Å²) in [5.74, 6) is 1.28. The van der Waals surface area contributed by atoms with Gasteiger partial charge in [-0.2, -0.15) is 0 Å². The monoisotopic (exact) mass is 327 g/mol. The zero-order chi connectivity index (χ0) is 15.1. The van der Waals surface area contributed by atoms with E-state index in [-0.39, 0.29) is 5.91 Å². The van der Waals surface area contributed by atoms with Gasteiger partial charge in [0.05, 0.1) is 4.88 Å². The number of carbonyl (C=O) groups is 1. The van der Waals surface area contributed by atoms with Crippen LogP contribution in [0.4, 0.5) is 0 Å². The van der Waals surface area contributed by atoms with Gasteiger partial charge in [-0.25, -0.2) is 0 Å². The van der Waals surface area contributed by atoms with E-state index in [1.807, 2.05) is 0 Å². The maximum atomic E-state index is 12.3. The molecule has 2 nitrogen and oxygen atoms in total. The Balaban J connectivity index is 1.91. The average molecular weight is 328 g/mol. The molecule has 1 atom stereocenters. The van der Waals surface area contributed by atoms with E-state index in [1.54, 1.807) is 11.3 Å². The Morgan fingerprint density at radius 3 is 2.90 bits per heavy atom. The highest BCUT2D eigenvalue weighted by atomic mass is 35.5. The van der Waals surface area contributed by atoms with Gasteiger partial charge in [0.1, 0.15) is 0 Å². The lowest BCUT2D eigenvalue weighted by atomic mass is 10.0. The van der Waals surface area contributed by atoms with Crippen molar-refractivity contribution in [2.45, 2.75) is 58.3 Å². The lowest BCUT2D eigenvalue weighted by Crippen LogP contribution is -2.29. The molecule has 1 N–H and O–H groups in total. The minimum absolute atomic E-state index is 0.101. The maximum absolute atomic E-state index is 12.3. The van der Waals surface area contributed by atoms with Crippen molar-refractivity contribution >= 4 is 28.8 Å². The van der Waals surface area contributed by atoms with Crippen LogP contribution in [0.15, 0.2) is 6.07 Å². The number of hydrogen-bond donors (Lipinski definition) is 1. The van der Waals surface area contributed by atoms with E-state index in [0.717, 1.165) is 43.5 Å². The lowest BCUT2D eigenvalue weighted by molar-refractivity contribution is 0.0950. The van der Waals surface area contributed by atoms with Crippen LogP contribution >= 0.6 is 22.9 Å². The van der Waals surface area contributed by atoms with Gasteiger partial charge in [0.25, 0.3) is 5.91 Å². The van der Waals surface area contributed by atoms with Gasteiger partial charge in [-0.15, -0.1) is 22.9 Å². The summed E-state index contributed by atoms with van der Waals surface area (Å²) in [5, 5.41) is 3.11. The van der Waals surface area contributed by atoms with Crippen LogP contribution in [-0.4, -0.2) is 18.3 Å². The fraction of sp³-hybridized carbons (Fsp3) is 0.706. The van der Waals surface area contributed by atoms with Crippen molar-refractivity contribution in [1.29, 1.82) is 0 Å². The van der Waals surface area contributed by atoms with Gasteiger partial charge in [-0.3, -0.25) is 4.79 Å². The number of carbonyl (C=O) groups excluding carboxylic acids is 1. The molecule has 0 saturated carbocycles. The van der Waals surface area contributed by atoms with Crippen LogP contribution in [0.1, 0.15) is 65.6 Å². The van der Waals surface area contributed by atoms with E-state index >= 15 is 0 Å². The molecule has 21 heavy (non-hydrogen) atoms. The molecule has 1 unspecified atom stereocenters. The fourth-order valence-corrected chi connectivity index (χ4v) is 4.49. The van der Waals surface area contributed by atoms with Gasteiger partial charge >= 0.3 is 0 Å². The van der Waals surface area contributed by atoms with Crippen molar-refractivity contribution < 1.29 is 4.79 Å². The largest absolute Gasteiger partial charge is 0.351 e. The van der Waals surface area contributed by atoms with E-state index in [2.05, 4.69) is 18.3 Å². The molecule has 0 aliphatic heterocycles. The molecule has 0 saturated heterocycles. The number of rotatable bonds is 7. The summed E-state index contributed by atoms with van der Waals surface area (Å²) in [6, 6.07) is 2.12. The zero-order valence-corrected chi connectivity index (χ0v) is 14.5. The SMILES string of the molecule is CCCC(CCCl)CNC(=O)c1cc2c(s1)CCCCC2. The van der Waals surface area contributed by atoms with Gasteiger partial charge in [0.15, 0.2) is 0 Å². The number of amides is 1. The Labute approximate surface area is 137 Å². The van der Waals surface area contributed by atoms with Crippen molar-refractivity contribution in [2.24, 2.45) is 5.92 Å². The van der Waals surface area contributed by atoms with Crippen LogP contribution < -0.4 is 5.32 Å². The topological polar surface area (TPSA) is 29.1 Å². The molecule has 1 aromatic rings. The molecule has 0 radical (unpaired) electrons. The van der Waals surface area contributed by atoms with E-state index < -0.39 is 0 Å². The smallest absolute Gasteiger partial charge is 0.261 e. The standard InChI is InChI=1S/C17H26ClNOS/c1-2-6-13(9-10-18)12-19-17(20)16-11-14-7-4-3-5-8-15(14)21-16/h11,13H,2-10,12H2,1H3,(H,19,20). The molecule has 0 spiro atoms. The Morgan fingerprint density at radius 2 is 2.14 bits per heavy atom. The molecule has 1 aromatic heterocycles. The quantitative estimate of drug-likeness (QED) is 0.566. The summed E-state index contributed by atoms with van der Waals surface area (Å²) in [7, 11) is 0. The number of fused-ring (bicyclic) bond motifs is 1. The number of nitrogens with one attached hydrogen (secondary N) is 1. The molecule has 1 aliphatic carbocycles. The fourth-order valence-electron chi connectivity index (χ4n) is 3.01. The van der Waals surface area contributed by atoms with Crippen LogP contribution in [0.2, 0.25) is 0 Å². The predicted molar refractivity (Wildman–Crippen MR) is 91.6 cm³/mol. The highest BCUT2D eigenvalue weighted by Crippen LogP contribution is 2.29. The van der Waals surface area contributed by atoms with Crippen LogP contribution in [0, 0.1) is 5.92 Å². The second kappa shape index (κ2) is 8.79. The minimum Gasteiger partial charge on any atom is -0.351 e. The van der Waals surface area contributed by atoms with Crippen LogP contribution in [0.5, 0.6) is 0 Å². The second-order valence-electron chi connectivity index (χ2n) is 5.96. The molecule has 118 valence electrons. The molecular formula is C17H26ClNOS. The summed E-state index contributed by atoms with van der Waals surface area (Å²) < 4.78 is 0. The predicted octanol–water partition coefficient (Wildman–Crippen LogP) is 4.79. The maximum Gasteiger partial charge on any atom is 0.261 e. The number of thiophene rings is 1. The Hall–Kier alpha value is -0.540. The van der Waals surface area contributed by atoms with E-state index in [9.17, 15) is 4.79 Å². The van der Waals surface area contributed by atoms with Crippen LogP contribution in [0.3, 0.4) is 0 Å². The van der Waals surface area contributed by atoms with Gasteiger partial charge < -0.3 is 5.32 Å². The summed E-state index contributed by atoms with van der Waals surface area (Å²) in [6.45, 7) is 2.93. The van der Waals surface area contributed by atoms with Crippen molar-refractivity contribution in [1.82, 2.24) is 5.32 Å². The van der Waals surface area contributed by atoms with E-state index in [1.165, 1.54) is 29.7 Å². The third-order valence-corrected chi connectivity index (χ3v) is 5.69. The molecule has 0 aromatic carbocycles. The van der Waals surface area contributed by atoms with Crippen LogP contribution in [0.25, 0.3) is 0 Å². The first-order valence-corrected chi connectivity index (χ1v) is 9.55. The molecule has 2 rings (SSSR count). The minimum atomic E-state index is 0.101. The third-order valence-electron chi connectivity index (χ3n) is 4.24. The number of aryl methyl sites for hydroxylation is 2. The number of alkyl halides is 1. The van der Waals surface area contributed by atoms with Gasteiger partial charge in [0, 0.05) is 17.3 Å². The highest BCUT2D eigenvalue weighted by molar-refractivity contribution is 7.14. The van der Waals surface area contributed by atoms with Gasteiger partial charge in [0.2, 0.25) is 0 Å². The molecule has 0 fully saturated rings. The Morgan fingerprint density at radius 1 is 1.33 bits per heavy atom. The summed E-state index contributed by atoms with van der Waals surface area (Å²) in [6.07, 6.45) is 9.40. The average Bonchev–Trinajstić information content (AvgIpc) is 2.76. The lowest BCUT2D eigenvalue weighted by Gasteiger charge is -2.15.